The van der Waals surface area contributed by atoms with Crippen molar-refractivity contribution in [3.05, 3.63) is 29.8 Å². The zero-order chi connectivity index (χ0) is 19.1. The van der Waals surface area contributed by atoms with Crippen LogP contribution in [-0.2, 0) is 14.8 Å². The third-order valence-electron chi connectivity index (χ3n) is 4.54. The maximum Gasteiger partial charge on any atom is 0.410 e. The van der Waals surface area contributed by atoms with Crippen LogP contribution in [-0.4, -0.2) is 61.9 Å². The number of piperidine rings is 1. The van der Waals surface area contributed by atoms with E-state index in [2.05, 4.69) is 4.40 Å². The van der Waals surface area contributed by atoms with Gasteiger partial charge in [-0.3, -0.25) is 0 Å². The van der Waals surface area contributed by atoms with Crippen LogP contribution < -0.4 is 0 Å². The van der Waals surface area contributed by atoms with Crippen molar-refractivity contribution in [2.24, 2.45) is 4.40 Å². The minimum Gasteiger partial charge on any atom is -0.444 e. The molecule has 1 aromatic rings. The number of carbonyl (C=O) groups is 1. The fourth-order valence-corrected chi connectivity index (χ4v) is 4.52. The second-order valence-electron chi connectivity index (χ2n) is 7.72. The Labute approximate surface area is 154 Å². The van der Waals surface area contributed by atoms with E-state index in [1.165, 1.54) is 0 Å². The number of amides is 1. The normalized spacial score (nSPS) is 21.8. The Morgan fingerprint density at radius 2 is 2.00 bits per heavy atom. The highest BCUT2D eigenvalue weighted by Gasteiger charge is 2.35. The lowest BCUT2D eigenvalue weighted by atomic mass is 10.0. The molecule has 1 saturated heterocycles. The highest BCUT2D eigenvalue weighted by molar-refractivity contribution is 7.90. The molecule has 2 heterocycles. The van der Waals surface area contributed by atoms with Gasteiger partial charge < -0.3 is 14.5 Å². The summed E-state index contributed by atoms with van der Waals surface area (Å²) in [4.78, 5) is 16.2. The van der Waals surface area contributed by atoms with Gasteiger partial charge in [0.1, 0.15) is 10.5 Å². The number of sulfonamides is 1. The lowest BCUT2D eigenvalue weighted by Crippen LogP contribution is -2.51. The molecule has 1 amide bonds. The highest BCUT2D eigenvalue weighted by atomic mass is 32.2. The molecule has 0 N–H and O–H groups in total. The molecule has 0 aliphatic carbocycles. The Morgan fingerprint density at radius 1 is 1.31 bits per heavy atom. The molecule has 1 aromatic carbocycles. The number of hydrogen-bond donors (Lipinski definition) is 0. The molecule has 0 spiro atoms. The molecule has 1 fully saturated rings. The summed E-state index contributed by atoms with van der Waals surface area (Å²) < 4.78 is 34.0. The third kappa shape index (κ3) is 3.70. The second-order valence-corrected chi connectivity index (χ2v) is 9.29. The number of carbonyl (C=O) groups excluding carboxylic acids is 1. The van der Waals surface area contributed by atoms with Gasteiger partial charge in [-0.2, -0.15) is 8.42 Å². The number of benzene rings is 1. The molecular weight excluding hydrogens is 354 g/mol. The first-order valence-corrected chi connectivity index (χ1v) is 10.2. The van der Waals surface area contributed by atoms with Crippen molar-refractivity contribution >= 4 is 22.0 Å². The number of nitrogens with zero attached hydrogens (tertiary/aromatic N) is 3. The van der Waals surface area contributed by atoms with E-state index < -0.39 is 15.6 Å². The average molecular weight is 379 g/mol. The largest absolute Gasteiger partial charge is 0.444 e. The monoisotopic (exact) mass is 379 g/mol. The number of hydrogen-bond acceptors (Lipinski definition) is 5. The summed E-state index contributed by atoms with van der Waals surface area (Å²) in [6.07, 6.45) is 1.35. The third-order valence-corrected chi connectivity index (χ3v) is 5.87. The van der Waals surface area contributed by atoms with Gasteiger partial charge in [0.15, 0.2) is 5.84 Å². The van der Waals surface area contributed by atoms with E-state index in [-0.39, 0.29) is 17.0 Å². The smallest absolute Gasteiger partial charge is 0.410 e. The molecule has 7 nitrogen and oxygen atoms in total. The molecule has 1 atom stereocenters. The van der Waals surface area contributed by atoms with Crippen molar-refractivity contribution in [1.82, 2.24) is 9.80 Å². The Hall–Kier alpha value is -2.09. The van der Waals surface area contributed by atoms with E-state index in [1.54, 1.807) is 29.2 Å². The Bertz CT molecular complexity index is 842. The van der Waals surface area contributed by atoms with Crippen LogP contribution in [0.3, 0.4) is 0 Å². The van der Waals surface area contributed by atoms with Gasteiger partial charge in [-0.1, -0.05) is 12.1 Å². The van der Waals surface area contributed by atoms with Crippen molar-refractivity contribution in [3.63, 3.8) is 0 Å². The Morgan fingerprint density at radius 3 is 2.69 bits per heavy atom. The van der Waals surface area contributed by atoms with Crippen LogP contribution in [0, 0.1) is 0 Å². The van der Waals surface area contributed by atoms with E-state index in [0.717, 1.165) is 12.8 Å². The van der Waals surface area contributed by atoms with Gasteiger partial charge in [0.25, 0.3) is 10.0 Å². The summed E-state index contributed by atoms with van der Waals surface area (Å²) in [6.45, 7) is 6.64. The quantitative estimate of drug-likeness (QED) is 0.749. The number of fused-ring (bicyclic) bond motifs is 1. The average Bonchev–Trinajstić information content (AvgIpc) is 2.85. The number of likely N-dealkylation sites (N-methyl/N-ethyl adjacent to an activating group) is 1. The summed E-state index contributed by atoms with van der Waals surface area (Å²) in [6, 6.07) is 6.82. The van der Waals surface area contributed by atoms with E-state index in [0.29, 0.717) is 24.5 Å². The fourth-order valence-electron chi connectivity index (χ4n) is 3.28. The molecule has 8 heteroatoms. The molecule has 0 saturated carbocycles. The van der Waals surface area contributed by atoms with Gasteiger partial charge in [0.2, 0.25) is 0 Å². The SMILES string of the molecule is CN(C1=NS(=O)(=O)c2ccccc21)[C@H]1CCCN(C(=O)OC(C)(C)C)C1. The summed E-state index contributed by atoms with van der Waals surface area (Å²) in [5.41, 5.74) is 0.0720. The minimum atomic E-state index is -3.65. The van der Waals surface area contributed by atoms with Crippen molar-refractivity contribution in [2.75, 3.05) is 20.1 Å². The molecule has 0 unspecified atom stereocenters. The van der Waals surface area contributed by atoms with Crippen LogP contribution in [0.1, 0.15) is 39.2 Å². The van der Waals surface area contributed by atoms with Crippen molar-refractivity contribution in [2.45, 2.75) is 50.2 Å². The predicted octanol–water partition coefficient (Wildman–Crippen LogP) is 2.47. The molecular formula is C18H25N3O4S. The standard InChI is InChI=1S/C18H25N3O4S/c1-18(2,3)25-17(22)21-11-7-8-13(12-21)20(4)16-14-9-5-6-10-15(14)26(23,24)19-16/h5-6,9-10,13H,7-8,11-12H2,1-4H3/t13-/m0/s1. The summed E-state index contributed by atoms with van der Waals surface area (Å²) in [5.74, 6) is 0.441. The molecule has 0 radical (unpaired) electrons. The van der Waals surface area contributed by atoms with E-state index in [1.807, 2.05) is 32.7 Å². The minimum absolute atomic E-state index is 0.0172. The number of ether oxygens (including phenoxy) is 1. The maximum atomic E-state index is 12.4. The lowest BCUT2D eigenvalue weighted by Gasteiger charge is -2.38. The van der Waals surface area contributed by atoms with Gasteiger partial charge in [-0.05, 0) is 45.7 Å². The highest BCUT2D eigenvalue weighted by Crippen LogP contribution is 2.29. The van der Waals surface area contributed by atoms with Crippen molar-refractivity contribution in [1.29, 1.82) is 0 Å². The molecule has 0 aromatic heterocycles. The molecule has 3 rings (SSSR count). The number of rotatable bonds is 1. The first-order chi connectivity index (χ1) is 12.1. The molecule has 2 aliphatic heterocycles. The van der Waals surface area contributed by atoms with Gasteiger partial charge in [0, 0.05) is 31.7 Å². The van der Waals surface area contributed by atoms with Crippen LogP contribution in [0.2, 0.25) is 0 Å². The first-order valence-electron chi connectivity index (χ1n) is 8.73. The van der Waals surface area contributed by atoms with E-state index >= 15 is 0 Å². The second kappa shape index (κ2) is 6.57. The molecule has 26 heavy (non-hydrogen) atoms. The molecule has 142 valence electrons. The van der Waals surface area contributed by atoms with Gasteiger partial charge in [-0.15, -0.1) is 4.40 Å². The van der Waals surface area contributed by atoms with Gasteiger partial charge in [-0.25, -0.2) is 4.79 Å². The van der Waals surface area contributed by atoms with Crippen LogP contribution in [0.15, 0.2) is 33.6 Å². The fraction of sp³-hybridized carbons (Fsp3) is 0.556. The zero-order valence-electron chi connectivity index (χ0n) is 15.6. The van der Waals surface area contributed by atoms with E-state index in [4.69, 9.17) is 4.74 Å². The zero-order valence-corrected chi connectivity index (χ0v) is 16.4. The van der Waals surface area contributed by atoms with Gasteiger partial charge >= 0.3 is 6.09 Å². The van der Waals surface area contributed by atoms with Crippen LogP contribution in [0.4, 0.5) is 4.79 Å². The number of likely N-dealkylation sites (tertiary alicyclic amines) is 1. The molecule has 0 bridgehead atoms. The lowest BCUT2D eigenvalue weighted by molar-refractivity contribution is 0.0159. The van der Waals surface area contributed by atoms with Crippen LogP contribution >= 0.6 is 0 Å². The van der Waals surface area contributed by atoms with Crippen molar-refractivity contribution in [3.8, 4) is 0 Å². The Balaban J connectivity index is 1.79. The first kappa shape index (κ1) is 18.7. The maximum absolute atomic E-state index is 12.4. The van der Waals surface area contributed by atoms with Gasteiger partial charge in [0.05, 0.1) is 0 Å². The number of amidine groups is 1. The van der Waals surface area contributed by atoms with Crippen molar-refractivity contribution < 1.29 is 17.9 Å². The molecule has 2 aliphatic rings. The Kier molecular flexibility index (Phi) is 4.72. The summed E-state index contributed by atoms with van der Waals surface area (Å²) in [7, 11) is -1.82. The summed E-state index contributed by atoms with van der Waals surface area (Å²) in [5, 5.41) is 0. The van der Waals surface area contributed by atoms with E-state index in [9.17, 15) is 13.2 Å². The van der Waals surface area contributed by atoms with Crippen LogP contribution in [0.5, 0.6) is 0 Å². The summed E-state index contributed by atoms with van der Waals surface area (Å²) >= 11 is 0. The predicted molar refractivity (Wildman–Crippen MR) is 98.8 cm³/mol. The topological polar surface area (TPSA) is 79.3 Å². The van der Waals surface area contributed by atoms with Crippen LogP contribution in [0.25, 0.3) is 0 Å².